The van der Waals surface area contributed by atoms with Crippen LogP contribution in [-0.2, 0) is 0 Å². The van der Waals surface area contributed by atoms with E-state index in [1.807, 2.05) is 0 Å². The van der Waals surface area contributed by atoms with Gasteiger partial charge in [-0.25, -0.2) is 4.39 Å². The molecule has 5 nitrogen and oxygen atoms in total. The molecule has 2 rings (SSSR count). The number of aromatic nitrogens is 1. The molecule has 1 aromatic heterocycles. The van der Waals surface area contributed by atoms with Crippen molar-refractivity contribution in [2.24, 2.45) is 5.92 Å². The van der Waals surface area contributed by atoms with Gasteiger partial charge in [0, 0.05) is 31.7 Å². The number of aliphatic hydroxyl groups excluding tert-OH is 1. The minimum atomic E-state index is -0.643. The molecule has 0 bridgehead atoms. The number of amides is 1. The lowest BCUT2D eigenvalue weighted by molar-refractivity contribution is 0.0923. The maximum atomic E-state index is 13.2. The fourth-order valence-corrected chi connectivity index (χ4v) is 1.81. The number of pyridine rings is 1. The molecule has 1 fully saturated rings. The van der Waals surface area contributed by atoms with Gasteiger partial charge in [-0.15, -0.1) is 0 Å². The zero-order valence-electron chi connectivity index (χ0n) is 9.19. The largest absolute Gasteiger partial charge is 0.391 e. The molecule has 0 aliphatic carbocycles. The van der Waals surface area contributed by atoms with Gasteiger partial charge in [0.25, 0.3) is 5.91 Å². The highest BCUT2D eigenvalue weighted by Crippen LogP contribution is 2.08. The van der Waals surface area contributed by atoms with E-state index in [1.165, 1.54) is 12.3 Å². The van der Waals surface area contributed by atoms with E-state index in [9.17, 15) is 14.3 Å². The first kappa shape index (κ1) is 11.9. The molecule has 1 amide bonds. The van der Waals surface area contributed by atoms with Gasteiger partial charge in [0.15, 0.2) is 5.82 Å². The minimum Gasteiger partial charge on any atom is -0.391 e. The van der Waals surface area contributed by atoms with Gasteiger partial charge in [0.05, 0.1) is 17.9 Å². The van der Waals surface area contributed by atoms with E-state index < -0.39 is 17.8 Å². The van der Waals surface area contributed by atoms with Crippen LogP contribution >= 0.6 is 0 Å². The third-order valence-corrected chi connectivity index (χ3v) is 2.85. The number of nitrogens with one attached hydrogen (secondary N) is 2. The summed E-state index contributed by atoms with van der Waals surface area (Å²) in [4.78, 5) is 15.2. The first-order valence-electron chi connectivity index (χ1n) is 5.45. The third kappa shape index (κ3) is 2.78. The first-order valence-corrected chi connectivity index (χ1v) is 5.45. The number of nitrogens with zero attached hydrogens (tertiary/aromatic N) is 1. The van der Waals surface area contributed by atoms with E-state index >= 15 is 0 Å². The number of hydrogen-bond acceptors (Lipinski definition) is 4. The molecule has 2 atom stereocenters. The summed E-state index contributed by atoms with van der Waals surface area (Å²) in [5.74, 6) is -1.15. The van der Waals surface area contributed by atoms with Gasteiger partial charge < -0.3 is 15.7 Å². The molecule has 0 saturated carbocycles. The maximum absolute atomic E-state index is 13.2. The summed E-state index contributed by atoms with van der Waals surface area (Å²) >= 11 is 0. The van der Waals surface area contributed by atoms with Gasteiger partial charge in [-0.2, -0.15) is 0 Å². The molecule has 1 aliphatic heterocycles. The van der Waals surface area contributed by atoms with Crippen molar-refractivity contribution in [3.63, 3.8) is 0 Å². The molecule has 0 radical (unpaired) electrons. The summed E-state index contributed by atoms with van der Waals surface area (Å²) < 4.78 is 13.2. The van der Waals surface area contributed by atoms with E-state index in [2.05, 4.69) is 15.6 Å². The van der Waals surface area contributed by atoms with Crippen molar-refractivity contribution < 1.29 is 14.3 Å². The van der Waals surface area contributed by atoms with Crippen molar-refractivity contribution in [1.29, 1.82) is 0 Å². The van der Waals surface area contributed by atoms with Crippen molar-refractivity contribution in [1.82, 2.24) is 15.6 Å². The summed E-state index contributed by atoms with van der Waals surface area (Å²) in [6.45, 7) is 1.51. The van der Waals surface area contributed by atoms with Crippen LogP contribution in [0.1, 0.15) is 10.4 Å². The lowest BCUT2D eigenvalue weighted by Crippen LogP contribution is -2.34. The van der Waals surface area contributed by atoms with Crippen LogP contribution in [0.5, 0.6) is 0 Å². The molecule has 1 aliphatic rings. The second-order valence-corrected chi connectivity index (χ2v) is 4.05. The van der Waals surface area contributed by atoms with Gasteiger partial charge in [0.2, 0.25) is 0 Å². The summed E-state index contributed by atoms with van der Waals surface area (Å²) in [5.41, 5.74) is -0.0274. The highest BCUT2D eigenvalue weighted by molar-refractivity contribution is 5.94. The SMILES string of the molecule is O=C(NCC1CNCC1O)c1ccncc1F. The number of carbonyl (C=O) groups excluding carboxylic acids is 1. The smallest absolute Gasteiger partial charge is 0.254 e. The lowest BCUT2D eigenvalue weighted by atomic mass is 10.1. The standard InChI is InChI=1S/C11H14FN3O2/c12-9-5-13-2-1-8(9)11(17)15-4-7-3-14-6-10(7)16/h1-2,5,7,10,14,16H,3-4,6H2,(H,15,17). The number of aliphatic hydroxyl groups is 1. The second kappa shape index (κ2) is 5.20. The summed E-state index contributed by atoms with van der Waals surface area (Å²) in [6.07, 6.45) is 1.91. The minimum absolute atomic E-state index is 0.0242. The number of hydrogen-bond donors (Lipinski definition) is 3. The number of halogens is 1. The van der Waals surface area contributed by atoms with Crippen LogP contribution in [0.2, 0.25) is 0 Å². The van der Waals surface area contributed by atoms with Crippen LogP contribution < -0.4 is 10.6 Å². The molecule has 1 aromatic rings. The van der Waals surface area contributed by atoms with Gasteiger partial charge >= 0.3 is 0 Å². The average Bonchev–Trinajstić information content (AvgIpc) is 2.72. The zero-order valence-corrected chi connectivity index (χ0v) is 9.19. The molecule has 0 spiro atoms. The van der Waals surface area contributed by atoms with Crippen LogP contribution in [-0.4, -0.2) is 41.7 Å². The molecule has 0 aromatic carbocycles. The van der Waals surface area contributed by atoms with E-state index in [1.54, 1.807) is 0 Å². The third-order valence-electron chi connectivity index (χ3n) is 2.85. The summed E-state index contributed by atoms with van der Waals surface area (Å²) in [5, 5.41) is 15.1. The Morgan fingerprint density at radius 1 is 1.65 bits per heavy atom. The predicted molar refractivity (Wildman–Crippen MR) is 58.9 cm³/mol. The number of rotatable bonds is 3. The average molecular weight is 239 g/mol. The Morgan fingerprint density at radius 2 is 2.47 bits per heavy atom. The quantitative estimate of drug-likeness (QED) is 0.666. The normalized spacial score (nSPS) is 23.6. The highest BCUT2D eigenvalue weighted by Gasteiger charge is 2.25. The van der Waals surface area contributed by atoms with Crippen LogP contribution in [0, 0.1) is 11.7 Å². The van der Waals surface area contributed by atoms with Crippen molar-refractivity contribution in [3.05, 3.63) is 29.8 Å². The fourth-order valence-electron chi connectivity index (χ4n) is 1.81. The van der Waals surface area contributed by atoms with Crippen molar-refractivity contribution in [3.8, 4) is 0 Å². The molecule has 6 heteroatoms. The monoisotopic (exact) mass is 239 g/mol. The number of β-amino-alcohol motifs (C(OH)–C–C–N with tert-alkyl or cyclic N) is 1. The van der Waals surface area contributed by atoms with Crippen molar-refractivity contribution in [2.75, 3.05) is 19.6 Å². The Balaban J connectivity index is 1.91. The molecule has 92 valence electrons. The summed E-state index contributed by atoms with van der Waals surface area (Å²) in [6, 6.07) is 1.33. The molecule has 1 saturated heterocycles. The molecule has 3 N–H and O–H groups in total. The Kier molecular flexibility index (Phi) is 3.65. The molecular formula is C11H14FN3O2. The van der Waals surface area contributed by atoms with Gasteiger partial charge in [-0.1, -0.05) is 0 Å². The number of carbonyl (C=O) groups is 1. The Labute approximate surface area is 98.1 Å². The maximum Gasteiger partial charge on any atom is 0.254 e. The zero-order chi connectivity index (χ0) is 12.3. The molecule has 2 unspecified atom stereocenters. The van der Waals surface area contributed by atoms with Crippen molar-refractivity contribution in [2.45, 2.75) is 6.10 Å². The van der Waals surface area contributed by atoms with Crippen molar-refractivity contribution >= 4 is 5.91 Å². The Hall–Kier alpha value is -1.53. The molecular weight excluding hydrogens is 225 g/mol. The van der Waals surface area contributed by atoms with E-state index in [0.717, 1.165) is 6.20 Å². The Bertz CT molecular complexity index is 413. The predicted octanol–water partition coefficient (Wildman–Crippen LogP) is -0.469. The fraction of sp³-hybridized carbons (Fsp3) is 0.455. The topological polar surface area (TPSA) is 74.2 Å². The lowest BCUT2D eigenvalue weighted by Gasteiger charge is -2.14. The second-order valence-electron chi connectivity index (χ2n) is 4.05. The van der Waals surface area contributed by atoms with Crippen LogP contribution in [0.25, 0.3) is 0 Å². The van der Waals surface area contributed by atoms with Gasteiger partial charge in [-0.05, 0) is 6.07 Å². The highest BCUT2D eigenvalue weighted by atomic mass is 19.1. The van der Waals surface area contributed by atoms with Gasteiger partial charge in [0.1, 0.15) is 0 Å². The van der Waals surface area contributed by atoms with Gasteiger partial charge in [-0.3, -0.25) is 9.78 Å². The molecule has 2 heterocycles. The molecule has 17 heavy (non-hydrogen) atoms. The van der Waals surface area contributed by atoms with E-state index in [0.29, 0.717) is 19.6 Å². The van der Waals surface area contributed by atoms with E-state index in [-0.39, 0.29) is 11.5 Å². The van der Waals surface area contributed by atoms with E-state index in [4.69, 9.17) is 0 Å². The Morgan fingerprint density at radius 3 is 3.12 bits per heavy atom. The first-order chi connectivity index (χ1) is 8.18. The van der Waals surface area contributed by atoms with Crippen LogP contribution in [0.4, 0.5) is 4.39 Å². The van der Waals surface area contributed by atoms with Crippen LogP contribution in [0.3, 0.4) is 0 Å². The summed E-state index contributed by atoms with van der Waals surface area (Å²) in [7, 11) is 0. The van der Waals surface area contributed by atoms with Crippen LogP contribution in [0.15, 0.2) is 18.5 Å².